The number of benzene rings is 4. The maximum absolute atomic E-state index is 12.9. The van der Waals surface area contributed by atoms with Crippen molar-refractivity contribution in [1.82, 2.24) is 15.2 Å². The van der Waals surface area contributed by atoms with Gasteiger partial charge in [0, 0.05) is 23.0 Å². The molecule has 0 saturated carbocycles. The number of aromatic nitrogens is 2. The molecule has 43 heavy (non-hydrogen) atoms. The summed E-state index contributed by atoms with van der Waals surface area (Å²) in [5.74, 6) is -1.72. The molecule has 0 aliphatic heterocycles. The molecule has 4 aromatic carbocycles. The first-order valence-electron chi connectivity index (χ1n) is 13.3. The first-order chi connectivity index (χ1) is 20.9. The van der Waals surface area contributed by atoms with E-state index in [9.17, 15) is 14.4 Å². The minimum Gasteiger partial charge on any atom is -0.497 e. The Morgan fingerprint density at radius 1 is 0.814 bits per heavy atom. The van der Waals surface area contributed by atoms with Gasteiger partial charge in [0.05, 0.1) is 30.3 Å². The standard InChI is InChI=1S/C33H28N6O4/c1-22-12-16-25(17-13-22)35-31(40)28-10-6-7-11-29(28)36-32(41)33(42)37-34-20-24-21-39(26-8-4-3-5-9-26)38-30(24)23-14-18-27(43-2)19-15-23/h3-21H,1-2H3,(H,35,40)(H,36,41)(H,37,42). The lowest BCUT2D eigenvalue weighted by Gasteiger charge is -2.11. The van der Waals surface area contributed by atoms with Gasteiger partial charge in [0.25, 0.3) is 5.91 Å². The van der Waals surface area contributed by atoms with Gasteiger partial charge in [0.1, 0.15) is 11.4 Å². The van der Waals surface area contributed by atoms with Gasteiger partial charge in [-0.15, -0.1) is 0 Å². The Hall–Kier alpha value is -6.03. The van der Waals surface area contributed by atoms with E-state index in [4.69, 9.17) is 9.84 Å². The lowest BCUT2D eigenvalue weighted by molar-refractivity contribution is -0.136. The highest BCUT2D eigenvalue weighted by molar-refractivity contribution is 6.40. The van der Waals surface area contributed by atoms with Gasteiger partial charge in [-0.2, -0.15) is 10.2 Å². The normalized spacial score (nSPS) is 10.7. The predicted octanol–water partition coefficient (Wildman–Crippen LogP) is 5.20. The van der Waals surface area contributed by atoms with Crippen LogP contribution in [0.3, 0.4) is 0 Å². The second-order valence-electron chi connectivity index (χ2n) is 9.46. The number of carbonyl (C=O) groups is 3. The van der Waals surface area contributed by atoms with Gasteiger partial charge in [0.15, 0.2) is 0 Å². The molecule has 0 spiro atoms. The zero-order valence-corrected chi connectivity index (χ0v) is 23.4. The van der Waals surface area contributed by atoms with Crippen molar-refractivity contribution >= 4 is 35.3 Å². The van der Waals surface area contributed by atoms with Crippen LogP contribution in [0.2, 0.25) is 0 Å². The Balaban J connectivity index is 1.29. The van der Waals surface area contributed by atoms with E-state index in [-0.39, 0.29) is 11.3 Å². The number of aryl methyl sites for hydroxylation is 1. The van der Waals surface area contributed by atoms with E-state index in [1.165, 1.54) is 12.3 Å². The Bertz CT molecular complexity index is 1780. The quantitative estimate of drug-likeness (QED) is 0.134. The third-order valence-electron chi connectivity index (χ3n) is 6.43. The molecule has 1 heterocycles. The Labute approximate surface area is 248 Å². The third-order valence-corrected chi connectivity index (χ3v) is 6.43. The molecule has 0 radical (unpaired) electrons. The van der Waals surface area contributed by atoms with E-state index >= 15 is 0 Å². The van der Waals surface area contributed by atoms with Gasteiger partial charge in [0.2, 0.25) is 0 Å². The van der Waals surface area contributed by atoms with E-state index in [1.54, 1.807) is 48.3 Å². The fourth-order valence-corrected chi connectivity index (χ4v) is 4.18. The molecular weight excluding hydrogens is 544 g/mol. The molecule has 0 bridgehead atoms. The van der Waals surface area contributed by atoms with Crippen molar-refractivity contribution in [3.05, 3.63) is 126 Å². The van der Waals surface area contributed by atoms with Gasteiger partial charge >= 0.3 is 11.8 Å². The Morgan fingerprint density at radius 3 is 2.23 bits per heavy atom. The number of ether oxygens (including phenoxy) is 1. The van der Waals surface area contributed by atoms with Crippen LogP contribution in [0.15, 0.2) is 114 Å². The van der Waals surface area contributed by atoms with Crippen LogP contribution >= 0.6 is 0 Å². The van der Waals surface area contributed by atoms with E-state index in [0.717, 1.165) is 16.8 Å². The zero-order chi connectivity index (χ0) is 30.2. The molecular formula is C33H28N6O4. The molecule has 214 valence electrons. The molecule has 0 unspecified atom stereocenters. The summed E-state index contributed by atoms with van der Waals surface area (Å²) in [6, 6.07) is 30.7. The highest BCUT2D eigenvalue weighted by Gasteiger charge is 2.18. The van der Waals surface area contributed by atoms with Crippen molar-refractivity contribution in [3.8, 4) is 22.7 Å². The summed E-state index contributed by atoms with van der Waals surface area (Å²) in [6.45, 7) is 1.95. The van der Waals surface area contributed by atoms with Gasteiger partial charge in [-0.25, -0.2) is 10.1 Å². The number of carbonyl (C=O) groups excluding carboxylic acids is 3. The maximum atomic E-state index is 12.9. The molecule has 0 atom stereocenters. The number of hydrazone groups is 1. The van der Waals surface area contributed by atoms with E-state index in [1.807, 2.05) is 73.7 Å². The van der Waals surface area contributed by atoms with Crippen molar-refractivity contribution in [2.45, 2.75) is 6.92 Å². The molecule has 1 aromatic heterocycles. The Kier molecular flexibility index (Phi) is 8.67. The van der Waals surface area contributed by atoms with Crippen LogP contribution < -0.4 is 20.8 Å². The summed E-state index contributed by atoms with van der Waals surface area (Å²) in [7, 11) is 1.59. The number of amides is 3. The van der Waals surface area contributed by atoms with Crippen molar-refractivity contribution in [2.24, 2.45) is 5.10 Å². The van der Waals surface area contributed by atoms with Crippen LogP contribution in [0.4, 0.5) is 11.4 Å². The SMILES string of the molecule is COc1ccc(-c2nn(-c3ccccc3)cc2C=NNC(=O)C(=O)Nc2ccccc2C(=O)Nc2ccc(C)cc2)cc1. The van der Waals surface area contributed by atoms with E-state index < -0.39 is 17.7 Å². The molecule has 3 amide bonds. The molecule has 0 saturated heterocycles. The van der Waals surface area contributed by atoms with Crippen LogP contribution in [0, 0.1) is 6.92 Å². The second-order valence-corrected chi connectivity index (χ2v) is 9.46. The van der Waals surface area contributed by atoms with Crippen molar-refractivity contribution < 1.29 is 19.1 Å². The minimum atomic E-state index is -1.01. The largest absolute Gasteiger partial charge is 0.497 e. The summed E-state index contributed by atoms with van der Waals surface area (Å²) in [5, 5.41) is 14.0. The summed E-state index contributed by atoms with van der Waals surface area (Å²) >= 11 is 0. The second kappa shape index (κ2) is 13.1. The highest BCUT2D eigenvalue weighted by atomic mass is 16.5. The smallest absolute Gasteiger partial charge is 0.329 e. The van der Waals surface area contributed by atoms with Crippen LogP contribution in [-0.4, -0.2) is 40.8 Å². The topological polar surface area (TPSA) is 127 Å². The average Bonchev–Trinajstić information content (AvgIpc) is 3.47. The minimum absolute atomic E-state index is 0.183. The van der Waals surface area contributed by atoms with Crippen molar-refractivity contribution in [1.29, 1.82) is 0 Å². The Morgan fingerprint density at radius 2 is 1.51 bits per heavy atom. The molecule has 0 aliphatic rings. The summed E-state index contributed by atoms with van der Waals surface area (Å²) in [5.41, 5.74) is 7.16. The molecule has 3 N–H and O–H groups in total. The highest BCUT2D eigenvalue weighted by Crippen LogP contribution is 2.25. The molecule has 0 fully saturated rings. The zero-order valence-electron chi connectivity index (χ0n) is 23.4. The average molecular weight is 573 g/mol. The molecule has 5 aromatic rings. The number of anilines is 2. The number of methoxy groups -OCH3 is 1. The predicted molar refractivity (Wildman–Crippen MR) is 165 cm³/mol. The monoisotopic (exact) mass is 572 g/mol. The number of nitrogens with zero attached hydrogens (tertiary/aromatic N) is 3. The van der Waals surface area contributed by atoms with Gasteiger partial charge < -0.3 is 15.4 Å². The molecule has 5 rings (SSSR count). The molecule has 10 heteroatoms. The van der Waals surface area contributed by atoms with Gasteiger partial charge in [-0.1, -0.05) is 48.0 Å². The fourth-order valence-electron chi connectivity index (χ4n) is 4.18. The first kappa shape index (κ1) is 28.5. The summed E-state index contributed by atoms with van der Waals surface area (Å²) in [4.78, 5) is 38.2. The van der Waals surface area contributed by atoms with Crippen LogP contribution in [0.25, 0.3) is 16.9 Å². The van der Waals surface area contributed by atoms with Crippen molar-refractivity contribution in [3.63, 3.8) is 0 Å². The number of rotatable bonds is 8. The lowest BCUT2D eigenvalue weighted by Crippen LogP contribution is -2.33. The lowest BCUT2D eigenvalue weighted by atomic mass is 10.1. The first-order valence-corrected chi connectivity index (χ1v) is 13.3. The van der Waals surface area contributed by atoms with Crippen molar-refractivity contribution in [2.75, 3.05) is 17.7 Å². The number of hydrogen-bond donors (Lipinski definition) is 3. The third kappa shape index (κ3) is 7.01. The van der Waals surface area contributed by atoms with E-state index in [2.05, 4.69) is 21.2 Å². The van der Waals surface area contributed by atoms with Crippen LogP contribution in [0.1, 0.15) is 21.5 Å². The number of nitrogens with one attached hydrogen (secondary N) is 3. The van der Waals surface area contributed by atoms with E-state index in [0.29, 0.717) is 22.7 Å². The van der Waals surface area contributed by atoms with Crippen LogP contribution in [-0.2, 0) is 9.59 Å². The summed E-state index contributed by atoms with van der Waals surface area (Å²) < 4.78 is 6.96. The number of hydrogen-bond acceptors (Lipinski definition) is 6. The molecule has 10 nitrogen and oxygen atoms in total. The fraction of sp³-hybridized carbons (Fsp3) is 0.0606. The van der Waals surface area contributed by atoms with Gasteiger partial charge in [-0.3, -0.25) is 14.4 Å². The molecule has 0 aliphatic carbocycles. The maximum Gasteiger partial charge on any atom is 0.329 e. The van der Waals surface area contributed by atoms with Gasteiger partial charge in [-0.05, 0) is 67.6 Å². The number of para-hydroxylation sites is 2. The summed E-state index contributed by atoms with van der Waals surface area (Å²) in [6.07, 6.45) is 3.19. The van der Waals surface area contributed by atoms with Crippen LogP contribution in [0.5, 0.6) is 5.75 Å².